The van der Waals surface area contributed by atoms with E-state index < -0.39 is 0 Å². The van der Waals surface area contributed by atoms with Gasteiger partial charge in [0.2, 0.25) is 0 Å². The predicted molar refractivity (Wildman–Crippen MR) is 53.5 cm³/mol. The van der Waals surface area contributed by atoms with E-state index >= 15 is 0 Å². The average molecular weight is 196 g/mol. The third-order valence-electron chi connectivity index (χ3n) is 1.58. The lowest BCUT2D eigenvalue weighted by Crippen LogP contribution is -2.17. The molecule has 0 aliphatic rings. The van der Waals surface area contributed by atoms with Gasteiger partial charge in [-0.2, -0.15) is 5.48 Å². The third kappa shape index (κ3) is 4.20. The first-order valence-corrected chi connectivity index (χ1v) is 4.67. The number of aromatic nitrogens is 1. The molecule has 0 spiro atoms. The van der Waals surface area contributed by atoms with Crippen LogP contribution < -0.4 is 5.48 Å². The summed E-state index contributed by atoms with van der Waals surface area (Å²) in [4.78, 5) is 9.18. The van der Waals surface area contributed by atoms with Crippen molar-refractivity contribution < 1.29 is 9.94 Å². The summed E-state index contributed by atoms with van der Waals surface area (Å²) in [5.41, 5.74) is 3.65. The van der Waals surface area contributed by atoms with Crippen molar-refractivity contribution in [2.75, 3.05) is 6.61 Å². The molecule has 0 bridgehead atoms. The van der Waals surface area contributed by atoms with Crippen LogP contribution >= 0.6 is 0 Å². The number of hydrogen-bond donors (Lipinski definition) is 2. The molecular weight excluding hydrogens is 180 g/mol. The lowest BCUT2D eigenvalue weighted by molar-refractivity contribution is 0.0190. The van der Waals surface area contributed by atoms with Gasteiger partial charge in [-0.15, -0.1) is 0 Å². The Hall–Kier alpha value is -1.13. The summed E-state index contributed by atoms with van der Waals surface area (Å²) in [6.45, 7) is 5.39. The molecule has 0 amide bonds. The Morgan fingerprint density at radius 1 is 1.50 bits per heavy atom. The number of nitrogens with one attached hydrogen (secondary N) is 1. The highest BCUT2D eigenvalue weighted by atomic mass is 16.6. The van der Waals surface area contributed by atoms with Crippen molar-refractivity contribution in [1.29, 1.82) is 0 Å². The van der Waals surface area contributed by atoms with Crippen molar-refractivity contribution in [3.8, 4) is 5.75 Å². The molecule has 4 nitrogen and oxygen atoms in total. The molecule has 4 heteroatoms. The number of aromatic hydroxyl groups is 1. The fourth-order valence-electron chi connectivity index (χ4n) is 0.872. The second-order valence-corrected chi connectivity index (χ2v) is 3.53. The molecule has 1 heterocycles. The number of hydrogen-bond acceptors (Lipinski definition) is 4. The summed E-state index contributed by atoms with van der Waals surface area (Å²) in [5, 5.41) is 8.99. The molecule has 1 rings (SSSR count). The first kappa shape index (κ1) is 10.9. The van der Waals surface area contributed by atoms with Gasteiger partial charge in [0.15, 0.2) is 0 Å². The van der Waals surface area contributed by atoms with Gasteiger partial charge in [0, 0.05) is 0 Å². The van der Waals surface area contributed by atoms with Gasteiger partial charge in [0.25, 0.3) is 0 Å². The molecule has 2 N–H and O–H groups in total. The van der Waals surface area contributed by atoms with Crippen molar-refractivity contribution in [3.63, 3.8) is 0 Å². The highest BCUT2D eigenvalue weighted by molar-refractivity contribution is 5.17. The van der Waals surface area contributed by atoms with Gasteiger partial charge < -0.3 is 9.94 Å². The molecule has 1 aromatic heterocycles. The molecule has 0 atom stereocenters. The molecule has 0 fully saturated rings. The molecule has 0 saturated carbocycles. The summed E-state index contributed by atoms with van der Waals surface area (Å²) in [6.07, 6.45) is 1.42. The minimum Gasteiger partial charge on any atom is -0.506 e. The minimum absolute atomic E-state index is 0.178. The number of hydroxylamine groups is 1. The van der Waals surface area contributed by atoms with Crippen LogP contribution in [0.4, 0.5) is 0 Å². The van der Waals surface area contributed by atoms with Gasteiger partial charge in [0.1, 0.15) is 5.75 Å². The van der Waals surface area contributed by atoms with Gasteiger partial charge in [-0.05, 0) is 18.1 Å². The van der Waals surface area contributed by atoms with Gasteiger partial charge in [-0.25, -0.2) is 0 Å². The van der Waals surface area contributed by atoms with Crippen LogP contribution in [0.15, 0.2) is 18.3 Å². The Labute approximate surface area is 83.9 Å². The lowest BCUT2D eigenvalue weighted by Gasteiger charge is -2.07. The summed E-state index contributed by atoms with van der Waals surface area (Å²) < 4.78 is 0. The SMILES string of the molecule is CC(C)CONCc1ccc(O)cn1. The Kier molecular flexibility index (Phi) is 4.35. The highest BCUT2D eigenvalue weighted by Gasteiger charge is 1.96. The van der Waals surface area contributed by atoms with E-state index in [2.05, 4.69) is 24.3 Å². The second kappa shape index (κ2) is 5.57. The average Bonchev–Trinajstić information content (AvgIpc) is 2.15. The zero-order valence-corrected chi connectivity index (χ0v) is 8.53. The molecular formula is C10H16N2O2. The summed E-state index contributed by atoms with van der Waals surface area (Å²) in [5.74, 6) is 0.687. The monoisotopic (exact) mass is 196 g/mol. The van der Waals surface area contributed by atoms with E-state index in [4.69, 9.17) is 9.94 Å². The number of pyridine rings is 1. The van der Waals surface area contributed by atoms with Crippen molar-refractivity contribution in [2.24, 2.45) is 5.92 Å². The molecule has 0 aliphatic heterocycles. The maximum atomic E-state index is 8.99. The van der Waals surface area contributed by atoms with Gasteiger partial charge in [-0.3, -0.25) is 4.98 Å². The van der Waals surface area contributed by atoms with E-state index in [0.29, 0.717) is 19.1 Å². The standard InChI is InChI=1S/C10H16N2O2/c1-8(2)7-14-12-5-9-3-4-10(13)6-11-9/h3-4,6,8,12-13H,5,7H2,1-2H3. The second-order valence-electron chi connectivity index (χ2n) is 3.53. The maximum absolute atomic E-state index is 8.99. The molecule has 14 heavy (non-hydrogen) atoms. The van der Waals surface area contributed by atoms with Crippen LogP contribution in [-0.2, 0) is 11.4 Å². The van der Waals surface area contributed by atoms with Gasteiger partial charge in [0.05, 0.1) is 25.0 Å². The molecule has 0 saturated heterocycles. The minimum atomic E-state index is 0.178. The predicted octanol–water partition coefficient (Wildman–Crippen LogP) is 1.46. The molecule has 1 aromatic rings. The van der Waals surface area contributed by atoms with Crippen molar-refractivity contribution in [2.45, 2.75) is 20.4 Å². The van der Waals surface area contributed by atoms with Gasteiger partial charge in [-0.1, -0.05) is 13.8 Å². The number of nitrogens with zero attached hydrogens (tertiary/aromatic N) is 1. The lowest BCUT2D eigenvalue weighted by atomic mass is 10.2. The van der Waals surface area contributed by atoms with E-state index in [9.17, 15) is 0 Å². The maximum Gasteiger partial charge on any atom is 0.133 e. The number of rotatable bonds is 5. The molecule has 0 unspecified atom stereocenters. The molecule has 0 aliphatic carbocycles. The third-order valence-corrected chi connectivity index (χ3v) is 1.58. The van der Waals surface area contributed by atoms with Crippen LogP contribution in [0.1, 0.15) is 19.5 Å². The van der Waals surface area contributed by atoms with Crippen molar-refractivity contribution >= 4 is 0 Å². The molecule has 78 valence electrons. The van der Waals surface area contributed by atoms with Crippen LogP contribution in [0.2, 0.25) is 0 Å². The molecule has 0 radical (unpaired) electrons. The van der Waals surface area contributed by atoms with E-state index in [1.165, 1.54) is 6.20 Å². The Morgan fingerprint density at radius 3 is 2.86 bits per heavy atom. The smallest absolute Gasteiger partial charge is 0.133 e. The normalized spacial score (nSPS) is 10.8. The Balaban J connectivity index is 2.21. The van der Waals surface area contributed by atoms with E-state index in [0.717, 1.165) is 5.69 Å². The fraction of sp³-hybridized carbons (Fsp3) is 0.500. The first-order chi connectivity index (χ1) is 6.68. The van der Waals surface area contributed by atoms with Crippen molar-refractivity contribution in [3.05, 3.63) is 24.0 Å². The zero-order chi connectivity index (χ0) is 10.4. The summed E-state index contributed by atoms with van der Waals surface area (Å²) in [6, 6.07) is 3.35. The van der Waals surface area contributed by atoms with Gasteiger partial charge >= 0.3 is 0 Å². The largest absolute Gasteiger partial charge is 0.506 e. The molecule has 0 aromatic carbocycles. The van der Waals surface area contributed by atoms with E-state index in [1.54, 1.807) is 12.1 Å². The fourth-order valence-corrected chi connectivity index (χ4v) is 0.872. The van der Waals surface area contributed by atoms with Crippen molar-refractivity contribution in [1.82, 2.24) is 10.5 Å². The van der Waals surface area contributed by atoms with E-state index in [-0.39, 0.29) is 5.75 Å². The van der Waals surface area contributed by atoms with E-state index in [1.807, 2.05) is 0 Å². The topological polar surface area (TPSA) is 54.4 Å². The highest BCUT2D eigenvalue weighted by Crippen LogP contribution is 2.05. The first-order valence-electron chi connectivity index (χ1n) is 4.67. The van der Waals surface area contributed by atoms with Crippen LogP contribution in [-0.4, -0.2) is 16.7 Å². The van der Waals surface area contributed by atoms with Crippen LogP contribution in [0, 0.1) is 5.92 Å². The summed E-state index contributed by atoms with van der Waals surface area (Å²) >= 11 is 0. The Bertz CT molecular complexity index is 259. The van der Waals surface area contributed by atoms with Crippen LogP contribution in [0.5, 0.6) is 5.75 Å². The van der Waals surface area contributed by atoms with Crippen LogP contribution in [0.3, 0.4) is 0 Å². The summed E-state index contributed by atoms with van der Waals surface area (Å²) in [7, 11) is 0. The zero-order valence-electron chi connectivity index (χ0n) is 8.53. The van der Waals surface area contributed by atoms with Crippen LogP contribution in [0.25, 0.3) is 0 Å². The quantitative estimate of drug-likeness (QED) is 0.553. The Morgan fingerprint density at radius 2 is 2.29 bits per heavy atom.